The third kappa shape index (κ3) is 7.26. The Labute approximate surface area is 269 Å². The van der Waals surface area contributed by atoms with Gasteiger partial charge in [0.25, 0.3) is 0 Å². The summed E-state index contributed by atoms with van der Waals surface area (Å²) >= 11 is 1.35. The molecule has 5 rings (SSSR count). The third-order valence-corrected chi connectivity index (χ3v) is 9.03. The number of hydrogen-bond acceptors (Lipinski definition) is 10. The summed E-state index contributed by atoms with van der Waals surface area (Å²) in [4.78, 5) is 65.6. The van der Waals surface area contributed by atoms with Gasteiger partial charge >= 0.3 is 18.2 Å². The lowest BCUT2D eigenvalue weighted by atomic mass is 9.95. The van der Waals surface area contributed by atoms with E-state index in [4.69, 9.17) is 14.2 Å². The lowest BCUT2D eigenvalue weighted by Crippen LogP contribution is -2.71. The number of nitrogens with one attached hydrogen (secondary N) is 2. The van der Waals surface area contributed by atoms with Crippen molar-refractivity contribution in [2.45, 2.75) is 55.3 Å². The van der Waals surface area contributed by atoms with Gasteiger partial charge in [0.2, 0.25) is 11.8 Å². The largest absolute Gasteiger partial charge is 0.514 e. The van der Waals surface area contributed by atoms with E-state index in [0.717, 1.165) is 11.1 Å². The van der Waals surface area contributed by atoms with E-state index < -0.39 is 58.3 Å². The normalized spacial score (nSPS) is 19.9. The summed E-state index contributed by atoms with van der Waals surface area (Å²) in [6.45, 7) is 3.60. The number of rotatable bonds is 10. The minimum atomic E-state index is -1.29. The molecule has 2 aliphatic rings. The van der Waals surface area contributed by atoms with Crippen LogP contribution in [-0.4, -0.2) is 57.1 Å². The van der Waals surface area contributed by atoms with Gasteiger partial charge in [-0.15, -0.1) is 11.8 Å². The number of benzene rings is 3. The highest BCUT2D eigenvalue weighted by Crippen LogP contribution is 2.51. The molecule has 3 aromatic rings. The van der Waals surface area contributed by atoms with E-state index >= 15 is 0 Å². The molecule has 0 saturated carbocycles. The van der Waals surface area contributed by atoms with Crippen LogP contribution in [0.5, 0.6) is 5.75 Å². The molecule has 2 N–H and O–H groups in total. The highest BCUT2D eigenvalue weighted by Gasteiger charge is 2.64. The highest BCUT2D eigenvalue weighted by atomic mass is 32.2. The molecule has 0 spiro atoms. The van der Waals surface area contributed by atoms with E-state index in [-0.39, 0.29) is 19.0 Å². The number of thioether (sulfide) groups is 1. The summed E-state index contributed by atoms with van der Waals surface area (Å²) in [6.07, 6.45) is -1.79. The average molecular weight is 647 g/mol. The minimum absolute atomic E-state index is 0.0278. The Balaban J connectivity index is 1.27. The molecule has 0 aromatic heterocycles. The fourth-order valence-corrected chi connectivity index (χ4v) is 6.82. The van der Waals surface area contributed by atoms with Gasteiger partial charge in [-0.2, -0.15) is 0 Å². The van der Waals surface area contributed by atoms with Gasteiger partial charge in [0.15, 0.2) is 0 Å². The average Bonchev–Trinajstić information content (AvgIpc) is 3.32. The van der Waals surface area contributed by atoms with Crippen LogP contribution in [0.1, 0.15) is 36.6 Å². The van der Waals surface area contributed by atoms with Crippen molar-refractivity contribution < 1.29 is 42.9 Å². The van der Waals surface area contributed by atoms with Crippen LogP contribution in [0.3, 0.4) is 0 Å². The second-order valence-corrected chi connectivity index (χ2v) is 12.8. The smallest absolute Gasteiger partial charge is 0.460 e. The molecule has 3 amide bonds. The van der Waals surface area contributed by atoms with Crippen LogP contribution in [0.25, 0.3) is 0 Å². The molecule has 12 nitrogen and oxygen atoms in total. The topological polar surface area (TPSA) is 150 Å². The molecular weight excluding hydrogens is 614 g/mol. The van der Waals surface area contributed by atoms with E-state index in [9.17, 15) is 24.0 Å². The van der Waals surface area contributed by atoms with Crippen LogP contribution in [-0.2, 0) is 41.8 Å². The van der Waals surface area contributed by atoms with Crippen LogP contribution < -0.4 is 15.4 Å². The lowest BCUT2D eigenvalue weighted by Gasteiger charge is -2.44. The molecule has 2 heterocycles. The first-order valence-electron chi connectivity index (χ1n) is 14.3. The number of esters is 1. The second kappa shape index (κ2) is 13.9. The van der Waals surface area contributed by atoms with Crippen LogP contribution >= 0.6 is 11.8 Å². The summed E-state index contributed by atoms with van der Waals surface area (Å²) in [7, 11) is 3.18. The number of fused-ring (bicyclic) bond motifs is 1. The van der Waals surface area contributed by atoms with Crippen molar-refractivity contribution in [3.8, 4) is 5.75 Å². The predicted molar refractivity (Wildman–Crippen MR) is 166 cm³/mol. The van der Waals surface area contributed by atoms with Gasteiger partial charge in [-0.05, 0) is 42.7 Å². The zero-order valence-corrected chi connectivity index (χ0v) is 25.9. The number of carbonyl (C=O) groups is 5. The molecule has 2 fully saturated rings. The Hall–Kier alpha value is -5.04. The predicted octanol–water partition coefficient (Wildman–Crippen LogP) is 4.25. The van der Waals surface area contributed by atoms with Gasteiger partial charge in [0, 0.05) is 4.75 Å². The Morgan fingerprint density at radius 3 is 2.07 bits per heavy atom. The maximum Gasteiger partial charge on any atom is 0.514 e. The van der Waals surface area contributed by atoms with Crippen LogP contribution in [0.2, 0.25) is 0 Å². The Bertz CT molecular complexity index is 1580. The third-order valence-electron chi connectivity index (χ3n) is 7.46. The molecule has 0 bridgehead atoms. The maximum atomic E-state index is 13.6. The number of alkyl carbamates (subject to hydrolysis) is 1. The molecule has 239 valence electrons. The number of ether oxygens (including phenoxy) is 4. The van der Waals surface area contributed by atoms with Gasteiger partial charge in [0.05, 0.1) is 0 Å². The molecule has 3 aromatic carbocycles. The number of nitrogens with zero attached hydrogens (tertiary/aromatic N) is 1. The van der Waals surface area contributed by atoms with E-state index in [1.807, 2.05) is 24.3 Å². The Morgan fingerprint density at radius 1 is 0.891 bits per heavy atom. The van der Waals surface area contributed by atoms with Crippen molar-refractivity contribution in [3.63, 3.8) is 0 Å². The number of carbonyl (C=O) groups excluding carboxylic acids is 5. The maximum absolute atomic E-state index is 13.6. The van der Waals surface area contributed by atoms with Crippen molar-refractivity contribution in [1.29, 1.82) is 0 Å². The van der Waals surface area contributed by atoms with Crippen LogP contribution in [0, 0.1) is 7.11 Å². The molecule has 0 aliphatic carbocycles. The summed E-state index contributed by atoms with van der Waals surface area (Å²) in [5.41, 5.74) is 1.86. The highest BCUT2D eigenvalue weighted by molar-refractivity contribution is 8.01. The van der Waals surface area contributed by atoms with E-state index in [1.54, 1.807) is 50.2 Å². The molecule has 2 aliphatic heterocycles. The first kappa shape index (κ1) is 32.4. The summed E-state index contributed by atoms with van der Waals surface area (Å²) in [6, 6.07) is 20.9. The lowest BCUT2D eigenvalue weighted by molar-refractivity contribution is -0.161. The molecule has 4 atom stereocenters. The van der Waals surface area contributed by atoms with Crippen molar-refractivity contribution in [3.05, 3.63) is 109 Å². The summed E-state index contributed by atoms with van der Waals surface area (Å²) in [5.74, 6) is -1.65. The second-order valence-electron chi connectivity index (χ2n) is 11.0. The van der Waals surface area contributed by atoms with Crippen molar-refractivity contribution in [2.75, 3.05) is 0 Å². The van der Waals surface area contributed by atoms with E-state index in [1.165, 1.54) is 40.9 Å². The quantitative estimate of drug-likeness (QED) is 0.142. The van der Waals surface area contributed by atoms with Gasteiger partial charge in [0.1, 0.15) is 49.6 Å². The van der Waals surface area contributed by atoms with Gasteiger partial charge < -0.3 is 34.5 Å². The monoisotopic (exact) mass is 646 g/mol. The summed E-state index contributed by atoms with van der Waals surface area (Å²) < 4.78 is 19.7. The molecule has 2 saturated heterocycles. The number of amides is 3. The van der Waals surface area contributed by atoms with Crippen LogP contribution in [0.4, 0.5) is 9.59 Å². The zero-order chi connectivity index (χ0) is 32.8. The number of hydrogen-bond donors (Lipinski definition) is 2. The minimum Gasteiger partial charge on any atom is -0.460 e. The first-order valence-corrected chi connectivity index (χ1v) is 15.2. The van der Waals surface area contributed by atoms with Gasteiger partial charge in [-0.25, -0.2) is 14.4 Å². The first-order chi connectivity index (χ1) is 22.1. The fraction of sp³-hybridized carbons (Fsp3) is 0.273. The molecule has 46 heavy (non-hydrogen) atoms. The summed E-state index contributed by atoms with van der Waals surface area (Å²) in [5, 5.41) is 4.75. The number of β-lactam (4-membered cyclic amide) rings is 1. The molecule has 13 heteroatoms. The van der Waals surface area contributed by atoms with Crippen molar-refractivity contribution in [2.24, 2.45) is 0 Å². The zero-order valence-electron chi connectivity index (χ0n) is 25.0. The van der Waals surface area contributed by atoms with Gasteiger partial charge in [-0.1, -0.05) is 72.8 Å². The van der Waals surface area contributed by atoms with Gasteiger partial charge in [-0.3, -0.25) is 9.59 Å². The molecular formula is C33H32N3O9S. The van der Waals surface area contributed by atoms with Crippen molar-refractivity contribution >= 4 is 41.8 Å². The Kier molecular flexibility index (Phi) is 9.81. The Morgan fingerprint density at radius 2 is 1.48 bits per heavy atom. The fourth-order valence-electron chi connectivity index (χ4n) is 5.20. The van der Waals surface area contributed by atoms with Crippen molar-refractivity contribution in [1.82, 2.24) is 15.5 Å². The van der Waals surface area contributed by atoms with Crippen LogP contribution in [0.15, 0.2) is 84.9 Å². The van der Waals surface area contributed by atoms with E-state index in [2.05, 4.69) is 22.5 Å². The van der Waals surface area contributed by atoms with E-state index in [0.29, 0.717) is 5.56 Å². The standard InChI is InChI=1S/C33H32N3O9S/c1-33(2)26(30(39)42-3)36-28(38)25(29(36)46-33)34-27(37)24(35-31(40)43-18-20-10-6-4-7-11-20)22-14-16-23(17-15-22)45-32(41)44-19-21-12-8-5-9-13-21/h4-17,24-26,29H,3,18-19H2,1-2H3,(H,34,37)(H,35,40)/t24?,25-,26+,29-/m1/s1. The molecule has 1 radical (unpaired) electrons. The molecule has 1 unspecified atom stereocenters. The SMILES string of the molecule is [CH2]OC(=O)[C@@H]1N2C(=O)[C@@H](NC(=O)C(NC(=O)OCc3ccccc3)c3ccc(OC(=O)OCc4ccccc4)cc3)[C@H]2SC1(C)C.